The number of nitrogens with zero attached hydrogens (tertiary/aromatic N) is 2. The van der Waals surface area contributed by atoms with E-state index in [0.29, 0.717) is 25.4 Å². The largest absolute Gasteiger partial charge is 0.481 e. The van der Waals surface area contributed by atoms with E-state index in [-0.39, 0.29) is 18.0 Å². The number of hydrogen-bond donors (Lipinski definition) is 1. The molecule has 0 bridgehead atoms. The fourth-order valence-corrected chi connectivity index (χ4v) is 2.97. The van der Waals surface area contributed by atoms with Crippen LogP contribution in [0.15, 0.2) is 42.6 Å². The Labute approximate surface area is 129 Å². The van der Waals surface area contributed by atoms with Crippen LogP contribution in [-0.4, -0.2) is 34.7 Å². The van der Waals surface area contributed by atoms with Crippen molar-refractivity contribution in [3.63, 3.8) is 0 Å². The molecule has 0 radical (unpaired) electrons. The normalized spacial score (nSPS) is 22.0. The molecule has 4 nitrogen and oxygen atoms in total. The summed E-state index contributed by atoms with van der Waals surface area (Å²) in [6.45, 7) is 1.24. The number of rotatable bonds is 4. The Bertz CT molecular complexity index is 633. The molecule has 1 N–H and O–H groups in total. The zero-order valence-electron chi connectivity index (χ0n) is 12.4. The van der Waals surface area contributed by atoms with Crippen molar-refractivity contribution >= 4 is 0 Å². The van der Waals surface area contributed by atoms with Gasteiger partial charge >= 0.3 is 0 Å². The second-order valence-electron chi connectivity index (χ2n) is 5.60. The van der Waals surface area contributed by atoms with Crippen molar-refractivity contribution in [1.82, 2.24) is 9.88 Å². The van der Waals surface area contributed by atoms with E-state index in [2.05, 4.69) is 9.88 Å². The topological polar surface area (TPSA) is 45.6 Å². The minimum absolute atomic E-state index is 0.0211. The van der Waals surface area contributed by atoms with Gasteiger partial charge in [-0.3, -0.25) is 4.90 Å². The van der Waals surface area contributed by atoms with Gasteiger partial charge in [-0.05, 0) is 29.7 Å². The van der Waals surface area contributed by atoms with Crippen molar-refractivity contribution < 1.29 is 14.2 Å². The van der Waals surface area contributed by atoms with Gasteiger partial charge in [0.25, 0.3) is 0 Å². The molecule has 0 amide bonds. The number of aliphatic hydroxyl groups excluding tert-OH is 1. The first-order valence-corrected chi connectivity index (χ1v) is 7.32. The molecule has 22 heavy (non-hydrogen) atoms. The predicted molar refractivity (Wildman–Crippen MR) is 81.0 cm³/mol. The average molecular weight is 302 g/mol. The summed E-state index contributed by atoms with van der Waals surface area (Å²) in [6.07, 6.45) is 2.00. The van der Waals surface area contributed by atoms with Crippen molar-refractivity contribution in [3.8, 4) is 5.88 Å². The van der Waals surface area contributed by atoms with E-state index < -0.39 is 0 Å². The highest BCUT2D eigenvalue weighted by atomic mass is 19.1. The highest BCUT2D eigenvalue weighted by Crippen LogP contribution is 2.33. The van der Waals surface area contributed by atoms with Crippen LogP contribution in [0.2, 0.25) is 0 Å². The second-order valence-corrected chi connectivity index (χ2v) is 5.60. The van der Waals surface area contributed by atoms with Crippen molar-refractivity contribution in [2.45, 2.75) is 25.1 Å². The molecular weight excluding hydrogens is 283 g/mol. The number of halogens is 1. The van der Waals surface area contributed by atoms with E-state index in [1.807, 2.05) is 18.2 Å². The van der Waals surface area contributed by atoms with Crippen LogP contribution < -0.4 is 4.74 Å². The number of likely N-dealkylation sites (tertiary alicyclic amines) is 1. The number of ether oxygens (including phenoxy) is 1. The molecule has 2 aromatic rings. The van der Waals surface area contributed by atoms with Gasteiger partial charge in [0, 0.05) is 31.4 Å². The first kappa shape index (κ1) is 14.9. The number of pyridine rings is 1. The first-order chi connectivity index (χ1) is 10.7. The molecule has 0 spiro atoms. The Morgan fingerprint density at radius 3 is 2.91 bits per heavy atom. The van der Waals surface area contributed by atoms with Crippen LogP contribution >= 0.6 is 0 Å². The van der Waals surface area contributed by atoms with Gasteiger partial charge in [0.2, 0.25) is 5.88 Å². The maximum Gasteiger partial charge on any atom is 0.212 e. The van der Waals surface area contributed by atoms with Crippen molar-refractivity contribution in [2.75, 3.05) is 13.7 Å². The summed E-state index contributed by atoms with van der Waals surface area (Å²) in [7, 11) is 1.58. The Hall–Kier alpha value is -1.98. The summed E-state index contributed by atoms with van der Waals surface area (Å²) in [4.78, 5) is 6.35. The molecule has 1 aliphatic rings. The maximum atomic E-state index is 13.5. The lowest BCUT2D eigenvalue weighted by Gasteiger charge is -2.24. The molecule has 3 rings (SSSR count). The molecule has 2 atom stereocenters. The molecule has 0 saturated carbocycles. The van der Waals surface area contributed by atoms with Crippen LogP contribution in [0.25, 0.3) is 0 Å². The minimum atomic E-state index is -0.389. The zero-order valence-corrected chi connectivity index (χ0v) is 12.4. The Morgan fingerprint density at radius 2 is 2.23 bits per heavy atom. The second kappa shape index (κ2) is 6.42. The highest BCUT2D eigenvalue weighted by Gasteiger charge is 2.32. The molecule has 1 fully saturated rings. The molecule has 0 unspecified atom stereocenters. The number of aromatic nitrogens is 1. The van der Waals surface area contributed by atoms with Crippen LogP contribution in [0.1, 0.15) is 23.6 Å². The molecule has 116 valence electrons. The third kappa shape index (κ3) is 3.26. The van der Waals surface area contributed by atoms with E-state index in [4.69, 9.17) is 4.74 Å². The van der Waals surface area contributed by atoms with Gasteiger partial charge < -0.3 is 9.84 Å². The van der Waals surface area contributed by atoms with Gasteiger partial charge in [-0.15, -0.1) is 0 Å². The molecule has 1 saturated heterocycles. The fraction of sp³-hybridized carbons (Fsp3) is 0.353. The molecule has 1 aliphatic heterocycles. The Morgan fingerprint density at radius 1 is 1.36 bits per heavy atom. The fourth-order valence-electron chi connectivity index (χ4n) is 2.97. The predicted octanol–water partition coefficient (Wildman–Crippen LogP) is 2.54. The third-order valence-electron chi connectivity index (χ3n) is 4.01. The lowest BCUT2D eigenvalue weighted by Crippen LogP contribution is -2.24. The Balaban J connectivity index is 1.78. The third-order valence-corrected chi connectivity index (χ3v) is 4.01. The van der Waals surface area contributed by atoms with Gasteiger partial charge in [-0.1, -0.05) is 18.2 Å². The van der Waals surface area contributed by atoms with E-state index in [1.54, 1.807) is 25.4 Å². The first-order valence-electron chi connectivity index (χ1n) is 7.32. The van der Waals surface area contributed by atoms with Crippen LogP contribution in [0.5, 0.6) is 5.88 Å². The van der Waals surface area contributed by atoms with E-state index >= 15 is 0 Å². The highest BCUT2D eigenvalue weighted by molar-refractivity contribution is 5.23. The summed E-state index contributed by atoms with van der Waals surface area (Å²) in [5.41, 5.74) is 1.94. The van der Waals surface area contributed by atoms with Gasteiger partial charge in [-0.2, -0.15) is 0 Å². The van der Waals surface area contributed by atoms with E-state index in [9.17, 15) is 9.50 Å². The number of aliphatic hydroxyl groups is 1. The molecule has 1 aromatic heterocycles. The molecule has 5 heteroatoms. The summed E-state index contributed by atoms with van der Waals surface area (Å²) in [5, 5.41) is 9.99. The Kier molecular flexibility index (Phi) is 4.36. The summed E-state index contributed by atoms with van der Waals surface area (Å²) in [6, 6.07) is 10.4. The molecule has 0 aliphatic carbocycles. The van der Waals surface area contributed by atoms with Crippen molar-refractivity contribution in [2.24, 2.45) is 0 Å². The van der Waals surface area contributed by atoms with Crippen molar-refractivity contribution in [1.29, 1.82) is 0 Å². The van der Waals surface area contributed by atoms with Gasteiger partial charge in [-0.25, -0.2) is 9.37 Å². The van der Waals surface area contributed by atoms with E-state index in [0.717, 1.165) is 11.1 Å². The van der Waals surface area contributed by atoms with Crippen LogP contribution in [0, 0.1) is 5.82 Å². The lowest BCUT2D eigenvalue weighted by atomic mass is 10.0. The van der Waals surface area contributed by atoms with E-state index in [1.165, 1.54) is 6.07 Å². The number of β-amino-alcohol motifs (C(OH)–C–C–N with tert-alkyl or cyclic N) is 1. The average Bonchev–Trinajstić information content (AvgIpc) is 2.89. The summed E-state index contributed by atoms with van der Waals surface area (Å²) >= 11 is 0. The van der Waals surface area contributed by atoms with Crippen LogP contribution in [0.4, 0.5) is 4.39 Å². The summed E-state index contributed by atoms with van der Waals surface area (Å²) in [5.74, 6) is 0.330. The van der Waals surface area contributed by atoms with Crippen LogP contribution in [-0.2, 0) is 6.54 Å². The monoisotopic (exact) mass is 302 g/mol. The maximum absolute atomic E-state index is 13.5. The zero-order chi connectivity index (χ0) is 15.5. The number of hydrogen-bond acceptors (Lipinski definition) is 4. The smallest absolute Gasteiger partial charge is 0.212 e. The molecular formula is C17H19FN2O2. The van der Waals surface area contributed by atoms with Gasteiger partial charge in [0.05, 0.1) is 13.2 Å². The SMILES string of the molecule is COc1ccc(CN2C[C@H](O)C[C@H]2c2cccc(F)c2)cn1. The van der Waals surface area contributed by atoms with Crippen molar-refractivity contribution in [3.05, 3.63) is 59.5 Å². The molecule has 2 heterocycles. The van der Waals surface area contributed by atoms with Gasteiger partial charge in [0.1, 0.15) is 5.82 Å². The van der Waals surface area contributed by atoms with Gasteiger partial charge in [0.15, 0.2) is 0 Å². The minimum Gasteiger partial charge on any atom is -0.481 e. The van der Waals surface area contributed by atoms with Crippen LogP contribution in [0.3, 0.4) is 0 Å². The summed E-state index contributed by atoms with van der Waals surface area (Å²) < 4.78 is 18.5. The quantitative estimate of drug-likeness (QED) is 0.943. The molecule has 1 aromatic carbocycles. The lowest BCUT2D eigenvalue weighted by molar-refractivity contribution is 0.172. The number of methoxy groups -OCH3 is 1. The number of benzene rings is 1. The standard InChI is InChI=1S/C17H19FN2O2/c1-22-17-6-5-12(9-19-17)10-20-11-15(21)8-16(20)13-3-2-4-14(18)7-13/h2-7,9,15-16,21H,8,10-11H2,1H3/t15-,16+/m1/s1.